The average Bonchev–Trinajstić information content (AvgIpc) is 2.41. The van der Waals surface area contributed by atoms with Gasteiger partial charge in [-0.15, -0.1) is 0 Å². The quantitative estimate of drug-likeness (QED) is 0.637. The van der Waals surface area contributed by atoms with Gasteiger partial charge in [0.15, 0.2) is 0 Å². The molecule has 0 bridgehead atoms. The number of hydrogen-bond donors (Lipinski definition) is 3. The minimum atomic E-state index is -0.182. The van der Waals surface area contributed by atoms with Gasteiger partial charge < -0.3 is 16.0 Å². The molecule has 0 fully saturated rings. The lowest BCUT2D eigenvalue weighted by atomic mass is 9.92. The summed E-state index contributed by atoms with van der Waals surface area (Å²) < 4.78 is 0. The molecular formula is C22H35N3O3. The molecule has 6 nitrogen and oxygen atoms in total. The van der Waals surface area contributed by atoms with Gasteiger partial charge in [-0.1, -0.05) is 55.4 Å². The fourth-order valence-corrected chi connectivity index (χ4v) is 2.50. The van der Waals surface area contributed by atoms with Gasteiger partial charge in [0.2, 0.25) is 17.7 Å². The van der Waals surface area contributed by atoms with Gasteiger partial charge in [0, 0.05) is 35.8 Å². The molecule has 0 aliphatic carbocycles. The molecule has 0 spiro atoms. The second-order valence-corrected chi connectivity index (χ2v) is 10.0. The number of amides is 3. The molecule has 0 aromatic heterocycles. The Morgan fingerprint density at radius 3 is 1.32 bits per heavy atom. The maximum absolute atomic E-state index is 12.3. The topological polar surface area (TPSA) is 87.3 Å². The van der Waals surface area contributed by atoms with Crippen molar-refractivity contribution in [1.29, 1.82) is 0 Å². The van der Waals surface area contributed by atoms with E-state index < -0.39 is 0 Å². The molecule has 6 heteroatoms. The van der Waals surface area contributed by atoms with E-state index in [2.05, 4.69) is 16.0 Å². The third-order valence-corrected chi connectivity index (χ3v) is 3.67. The van der Waals surface area contributed by atoms with Crippen molar-refractivity contribution < 1.29 is 14.4 Å². The molecule has 0 aliphatic rings. The van der Waals surface area contributed by atoms with Crippen molar-refractivity contribution >= 4 is 34.8 Å². The zero-order valence-corrected chi connectivity index (χ0v) is 18.4. The Labute approximate surface area is 168 Å². The largest absolute Gasteiger partial charge is 0.326 e. The molecule has 0 aliphatic heterocycles. The summed E-state index contributed by atoms with van der Waals surface area (Å²) in [4.78, 5) is 36.7. The van der Waals surface area contributed by atoms with Crippen molar-refractivity contribution in [3.63, 3.8) is 0 Å². The van der Waals surface area contributed by atoms with Crippen LogP contribution in [0.3, 0.4) is 0 Å². The van der Waals surface area contributed by atoms with E-state index in [-0.39, 0.29) is 34.5 Å². The summed E-state index contributed by atoms with van der Waals surface area (Å²) in [5.74, 6) is -0.554. The van der Waals surface area contributed by atoms with Crippen LogP contribution in [0.1, 0.15) is 68.2 Å². The van der Waals surface area contributed by atoms with Crippen LogP contribution >= 0.6 is 0 Å². The van der Waals surface area contributed by atoms with Crippen LogP contribution in [-0.2, 0) is 14.4 Å². The van der Waals surface area contributed by atoms with Crippen molar-refractivity contribution in [2.45, 2.75) is 68.2 Å². The molecule has 0 radical (unpaired) electrons. The van der Waals surface area contributed by atoms with Crippen LogP contribution in [0.5, 0.6) is 0 Å². The van der Waals surface area contributed by atoms with Crippen LogP contribution in [0.4, 0.5) is 17.1 Å². The Balaban J connectivity index is 3.08. The number of benzene rings is 1. The van der Waals surface area contributed by atoms with E-state index in [4.69, 9.17) is 0 Å². The molecular weight excluding hydrogens is 354 g/mol. The van der Waals surface area contributed by atoms with Crippen molar-refractivity contribution in [1.82, 2.24) is 0 Å². The predicted octanol–water partition coefficient (Wildman–Crippen LogP) is 5.03. The van der Waals surface area contributed by atoms with Gasteiger partial charge in [0.25, 0.3) is 0 Å². The molecule has 3 N–H and O–H groups in total. The smallest absolute Gasteiger partial charge is 0.226 e. The minimum Gasteiger partial charge on any atom is -0.326 e. The fourth-order valence-electron chi connectivity index (χ4n) is 2.50. The third kappa shape index (κ3) is 9.53. The highest BCUT2D eigenvalue weighted by molar-refractivity contribution is 5.98. The number of hydrogen-bond acceptors (Lipinski definition) is 3. The summed E-state index contributed by atoms with van der Waals surface area (Å²) in [5.41, 5.74) is 1.30. The van der Waals surface area contributed by atoms with Crippen LogP contribution in [0.15, 0.2) is 18.2 Å². The molecule has 0 saturated carbocycles. The van der Waals surface area contributed by atoms with Crippen LogP contribution in [0.2, 0.25) is 0 Å². The van der Waals surface area contributed by atoms with E-state index in [0.717, 1.165) is 0 Å². The minimum absolute atomic E-state index is 0.119. The van der Waals surface area contributed by atoms with Crippen LogP contribution in [0, 0.1) is 16.7 Å². The van der Waals surface area contributed by atoms with Gasteiger partial charge in [-0.3, -0.25) is 14.4 Å². The van der Waals surface area contributed by atoms with Gasteiger partial charge in [-0.05, 0) is 29.0 Å². The van der Waals surface area contributed by atoms with E-state index in [1.807, 2.05) is 41.5 Å². The number of carbonyl (C=O) groups excluding carboxylic acids is 3. The number of carbonyl (C=O) groups is 3. The number of rotatable bonds is 6. The highest BCUT2D eigenvalue weighted by Gasteiger charge is 2.18. The molecule has 0 saturated heterocycles. The Morgan fingerprint density at radius 2 is 1.04 bits per heavy atom. The van der Waals surface area contributed by atoms with Gasteiger partial charge in [-0.2, -0.15) is 0 Å². The summed E-state index contributed by atoms with van der Waals surface area (Å²) in [6.45, 7) is 15.5. The summed E-state index contributed by atoms with van der Waals surface area (Å²) in [5, 5.41) is 8.55. The molecule has 0 unspecified atom stereocenters. The Bertz CT molecular complexity index is 677. The van der Waals surface area contributed by atoms with Crippen molar-refractivity contribution in [2.75, 3.05) is 16.0 Å². The summed E-state index contributed by atoms with van der Waals surface area (Å²) >= 11 is 0. The molecule has 1 aromatic carbocycles. The Morgan fingerprint density at radius 1 is 0.714 bits per heavy atom. The second kappa shape index (κ2) is 9.22. The molecule has 1 aromatic rings. The first-order valence-corrected chi connectivity index (χ1v) is 9.70. The first-order valence-electron chi connectivity index (χ1n) is 9.70. The van der Waals surface area contributed by atoms with Crippen molar-refractivity contribution in [2.24, 2.45) is 16.7 Å². The second-order valence-electron chi connectivity index (χ2n) is 10.0. The maximum Gasteiger partial charge on any atom is 0.226 e. The average molecular weight is 390 g/mol. The predicted molar refractivity (Wildman–Crippen MR) is 115 cm³/mol. The SMILES string of the molecule is CC(C)C(=O)Nc1cc(NC(=O)CC(C)(C)C)cc(NC(=O)CC(C)(C)C)c1. The van der Waals surface area contributed by atoms with E-state index in [9.17, 15) is 14.4 Å². The van der Waals surface area contributed by atoms with Gasteiger partial charge >= 0.3 is 0 Å². The molecule has 0 atom stereocenters. The molecule has 1 rings (SSSR count). The fraction of sp³-hybridized carbons (Fsp3) is 0.591. The lowest BCUT2D eigenvalue weighted by Crippen LogP contribution is -2.22. The van der Waals surface area contributed by atoms with Crippen LogP contribution in [-0.4, -0.2) is 17.7 Å². The summed E-state index contributed by atoms with van der Waals surface area (Å²) in [7, 11) is 0. The van der Waals surface area contributed by atoms with Crippen molar-refractivity contribution in [3.8, 4) is 0 Å². The van der Waals surface area contributed by atoms with Crippen LogP contribution < -0.4 is 16.0 Å². The first kappa shape index (κ1) is 23.7. The standard InChI is InChI=1S/C22H35N3O3/c1-14(2)20(28)25-17-10-15(23-18(26)12-21(3,4)5)9-16(11-17)24-19(27)13-22(6,7)8/h9-11,14H,12-13H2,1-8H3,(H,23,26)(H,24,27)(H,25,28). The maximum atomic E-state index is 12.3. The molecule has 156 valence electrons. The lowest BCUT2D eigenvalue weighted by molar-refractivity contribution is -0.119. The number of nitrogens with one attached hydrogen (secondary N) is 3. The lowest BCUT2D eigenvalue weighted by Gasteiger charge is -2.19. The Hall–Kier alpha value is -2.37. The zero-order valence-electron chi connectivity index (χ0n) is 18.4. The van der Waals surface area contributed by atoms with Gasteiger partial charge in [0.1, 0.15) is 0 Å². The highest BCUT2D eigenvalue weighted by Crippen LogP contribution is 2.26. The van der Waals surface area contributed by atoms with E-state index in [1.165, 1.54) is 0 Å². The van der Waals surface area contributed by atoms with Crippen LogP contribution in [0.25, 0.3) is 0 Å². The highest BCUT2D eigenvalue weighted by atomic mass is 16.2. The first-order chi connectivity index (χ1) is 12.6. The third-order valence-electron chi connectivity index (χ3n) is 3.67. The number of anilines is 3. The zero-order chi connectivity index (χ0) is 21.7. The summed E-state index contributed by atoms with van der Waals surface area (Å²) in [6, 6.07) is 5.09. The Kier molecular flexibility index (Phi) is 7.79. The molecule has 28 heavy (non-hydrogen) atoms. The van der Waals surface area contributed by atoms with Gasteiger partial charge in [-0.25, -0.2) is 0 Å². The van der Waals surface area contributed by atoms with E-state index >= 15 is 0 Å². The van der Waals surface area contributed by atoms with E-state index in [1.54, 1.807) is 32.0 Å². The van der Waals surface area contributed by atoms with E-state index in [0.29, 0.717) is 29.9 Å². The summed E-state index contributed by atoms with van der Waals surface area (Å²) in [6.07, 6.45) is 0.725. The monoisotopic (exact) mass is 389 g/mol. The molecule has 0 heterocycles. The normalized spacial score (nSPS) is 11.9. The van der Waals surface area contributed by atoms with Crippen molar-refractivity contribution in [3.05, 3.63) is 18.2 Å². The van der Waals surface area contributed by atoms with Gasteiger partial charge in [0.05, 0.1) is 0 Å². The molecule has 3 amide bonds.